The van der Waals surface area contributed by atoms with Gasteiger partial charge in [-0.3, -0.25) is 4.79 Å². The Hall–Kier alpha value is -3.43. The summed E-state index contributed by atoms with van der Waals surface area (Å²) in [4.78, 5) is 30.8. The molecule has 1 amide bonds. The predicted molar refractivity (Wildman–Crippen MR) is 123 cm³/mol. The van der Waals surface area contributed by atoms with Gasteiger partial charge >= 0.3 is 5.97 Å². The fourth-order valence-electron chi connectivity index (χ4n) is 3.53. The van der Waals surface area contributed by atoms with E-state index >= 15 is 0 Å². The highest BCUT2D eigenvalue weighted by Crippen LogP contribution is 2.38. The van der Waals surface area contributed by atoms with E-state index in [9.17, 15) is 9.59 Å². The molecule has 0 saturated carbocycles. The van der Waals surface area contributed by atoms with Crippen molar-refractivity contribution in [2.75, 3.05) is 19.2 Å². The summed E-state index contributed by atoms with van der Waals surface area (Å²) in [6.07, 6.45) is 0.578. The molecule has 1 aliphatic rings. The molecule has 0 fully saturated rings. The van der Waals surface area contributed by atoms with Crippen molar-refractivity contribution >= 4 is 49.8 Å². The number of thiophene rings is 1. The molecular formula is C23H18N2O5S2. The number of anilines is 1. The monoisotopic (exact) mass is 466 g/mol. The highest BCUT2D eigenvalue weighted by Gasteiger charge is 2.25. The fourth-order valence-corrected chi connectivity index (χ4v) is 5.61. The van der Waals surface area contributed by atoms with Crippen LogP contribution in [0.25, 0.3) is 10.2 Å². The van der Waals surface area contributed by atoms with Crippen LogP contribution in [0, 0.1) is 6.92 Å². The number of aromatic nitrogens is 1. The van der Waals surface area contributed by atoms with E-state index in [0.29, 0.717) is 27.7 Å². The third-order valence-electron chi connectivity index (χ3n) is 5.15. The third-order valence-corrected chi connectivity index (χ3v) is 7.39. The van der Waals surface area contributed by atoms with Crippen molar-refractivity contribution in [3.05, 3.63) is 69.0 Å². The molecule has 0 bridgehead atoms. The minimum absolute atomic E-state index is 0.214. The number of fused-ring (bicyclic) bond motifs is 2. The molecule has 0 atom stereocenters. The smallest absolute Gasteiger partial charge is 0.341 e. The van der Waals surface area contributed by atoms with Gasteiger partial charge in [0, 0.05) is 11.3 Å². The van der Waals surface area contributed by atoms with E-state index in [2.05, 4.69) is 10.3 Å². The van der Waals surface area contributed by atoms with Gasteiger partial charge in [-0.25, -0.2) is 9.78 Å². The third kappa shape index (κ3) is 3.69. The van der Waals surface area contributed by atoms with Crippen molar-refractivity contribution in [1.82, 2.24) is 4.98 Å². The average Bonchev–Trinajstić information content (AvgIpc) is 3.50. The van der Waals surface area contributed by atoms with Crippen LogP contribution >= 0.6 is 22.7 Å². The van der Waals surface area contributed by atoms with Gasteiger partial charge < -0.3 is 19.5 Å². The fraction of sp³-hybridized carbons (Fsp3) is 0.174. The van der Waals surface area contributed by atoms with Crippen molar-refractivity contribution in [3.63, 3.8) is 0 Å². The van der Waals surface area contributed by atoms with Gasteiger partial charge in [0.2, 0.25) is 6.79 Å². The highest BCUT2D eigenvalue weighted by molar-refractivity contribution is 7.20. The Bertz CT molecular complexity index is 1320. The van der Waals surface area contributed by atoms with Crippen LogP contribution < -0.4 is 14.8 Å². The van der Waals surface area contributed by atoms with Crippen LogP contribution in [0.15, 0.2) is 42.5 Å². The lowest BCUT2D eigenvalue weighted by atomic mass is 10.1. The van der Waals surface area contributed by atoms with Crippen molar-refractivity contribution in [1.29, 1.82) is 0 Å². The summed E-state index contributed by atoms with van der Waals surface area (Å²) in [5.74, 6) is 0.576. The molecule has 32 heavy (non-hydrogen) atoms. The van der Waals surface area contributed by atoms with E-state index in [1.54, 1.807) is 0 Å². The van der Waals surface area contributed by atoms with Crippen LogP contribution in [-0.4, -0.2) is 30.8 Å². The molecule has 3 heterocycles. The maximum absolute atomic E-state index is 12.9. The van der Waals surface area contributed by atoms with Gasteiger partial charge in [-0.2, -0.15) is 0 Å². The van der Waals surface area contributed by atoms with Gasteiger partial charge in [0.15, 0.2) is 16.5 Å². The SMILES string of the molecule is COC(=O)c1c(NC(=O)c2nc3ccccc3s2)sc(Cc2ccc3c(c2)OCO3)c1C. The molecule has 1 N–H and O–H groups in total. The summed E-state index contributed by atoms with van der Waals surface area (Å²) in [6, 6.07) is 13.3. The number of methoxy groups -OCH3 is 1. The van der Waals surface area contributed by atoms with E-state index in [1.165, 1.54) is 29.8 Å². The lowest BCUT2D eigenvalue weighted by Crippen LogP contribution is -2.14. The van der Waals surface area contributed by atoms with E-state index < -0.39 is 5.97 Å². The standard InChI is InChI=1S/C23H18N2O5S2/c1-12-18(10-13-7-8-15-16(9-13)30-11-29-15)32-21(19(12)23(27)28-2)25-20(26)22-24-14-5-3-4-6-17(14)31-22/h3-9H,10-11H2,1-2H3,(H,25,26). The zero-order valence-corrected chi connectivity index (χ0v) is 18.9. The van der Waals surface area contributed by atoms with E-state index in [0.717, 1.165) is 32.0 Å². The topological polar surface area (TPSA) is 86.8 Å². The summed E-state index contributed by atoms with van der Waals surface area (Å²) in [5.41, 5.74) is 2.92. The number of ether oxygens (including phenoxy) is 3. The van der Waals surface area contributed by atoms with Gasteiger partial charge in [0.05, 0.1) is 22.9 Å². The molecule has 0 spiro atoms. The predicted octanol–water partition coefficient (Wildman–Crippen LogP) is 5.02. The lowest BCUT2D eigenvalue weighted by molar-refractivity contribution is 0.0601. The second-order valence-electron chi connectivity index (χ2n) is 7.15. The second kappa shape index (κ2) is 8.25. The van der Waals surface area contributed by atoms with Crippen molar-refractivity contribution in [2.45, 2.75) is 13.3 Å². The van der Waals surface area contributed by atoms with Crippen LogP contribution in [0.4, 0.5) is 5.00 Å². The normalized spacial score (nSPS) is 12.2. The van der Waals surface area contributed by atoms with E-state index in [-0.39, 0.29) is 12.7 Å². The molecule has 2 aromatic heterocycles. The molecule has 5 rings (SSSR count). The largest absolute Gasteiger partial charge is 0.465 e. The van der Waals surface area contributed by atoms with Gasteiger partial charge in [-0.1, -0.05) is 18.2 Å². The number of rotatable bonds is 5. The lowest BCUT2D eigenvalue weighted by Gasteiger charge is -2.04. The van der Waals surface area contributed by atoms with Crippen LogP contribution in [-0.2, 0) is 11.2 Å². The number of benzene rings is 2. The zero-order chi connectivity index (χ0) is 22.2. The van der Waals surface area contributed by atoms with E-state index in [1.807, 2.05) is 49.4 Å². The molecule has 162 valence electrons. The molecule has 2 aromatic carbocycles. The summed E-state index contributed by atoms with van der Waals surface area (Å²) < 4.78 is 16.7. The first-order valence-corrected chi connectivity index (χ1v) is 11.4. The number of para-hydroxylation sites is 1. The van der Waals surface area contributed by atoms with Gasteiger partial charge in [-0.05, 0) is 42.3 Å². The summed E-state index contributed by atoms with van der Waals surface area (Å²) in [5, 5.41) is 3.67. The van der Waals surface area contributed by atoms with Crippen molar-refractivity contribution in [2.24, 2.45) is 0 Å². The molecule has 9 heteroatoms. The minimum Gasteiger partial charge on any atom is -0.465 e. The average molecular weight is 467 g/mol. The maximum Gasteiger partial charge on any atom is 0.341 e. The molecule has 4 aromatic rings. The van der Waals surface area contributed by atoms with Crippen LogP contribution in [0.3, 0.4) is 0 Å². The number of carbonyl (C=O) groups is 2. The van der Waals surface area contributed by atoms with Gasteiger partial charge in [0.25, 0.3) is 5.91 Å². The van der Waals surface area contributed by atoms with Crippen LogP contribution in [0.2, 0.25) is 0 Å². The Morgan fingerprint density at radius 3 is 2.75 bits per heavy atom. The number of nitrogens with one attached hydrogen (secondary N) is 1. The van der Waals surface area contributed by atoms with Gasteiger partial charge in [0.1, 0.15) is 5.00 Å². The first kappa shape index (κ1) is 20.5. The summed E-state index contributed by atoms with van der Waals surface area (Å²) in [6.45, 7) is 2.07. The highest BCUT2D eigenvalue weighted by atomic mass is 32.1. The second-order valence-corrected chi connectivity index (χ2v) is 9.29. The Morgan fingerprint density at radius 1 is 1.12 bits per heavy atom. The summed E-state index contributed by atoms with van der Waals surface area (Å²) >= 11 is 2.67. The molecule has 0 saturated heterocycles. The molecule has 7 nitrogen and oxygen atoms in total. The Labute approximate surface area is 191 Å². The number of amides is 1. The molecule has 0 unspecified atom stereocenters. The molecule has 0 radical (unpaired) electrons. The zero-order valence-electron chi connectivity index (χ0n) is 17.3. The Kier molecular flexibility index (Phi) is 5.28. The summed E-state index contributed by atoms with van der Waals surface area (Å²) in [7, 11) is 1.33. The first-order valence-electron chi connectivity index (χ1n) is 9.79. The van der Waals surface area contributed by atoms with Crippen LogP contribution in [0.5, 0.6) is 11.5 Å². The number of hydrogen-bond acceptors (Lipinski definition) is 8. The van der Waals surface area contributed by atoms with Crippen molar-refractivity contribution in [3.8, 4) is 11.5 Å². The van der Waals surface area contributed by atoms with Crippen LogP contribution in [0.1, 0.15) is 36.2 Å². The first-order chi connectivity index (χ1) is 15.5. The number of esters is 1. The quantitative estimate of drug-likeness (QED) is 0.416. The minimum atomic E-state index is -0.490. The van der Waals surface area contributed by atoms with Gasteiger partial charge in [-0.15, -0.1) is 22.7 Å². The number of hydrogen-bond donors (Lipinski definition) is 1. The Balaban J connectivity index is 1.46. The number of carbonyl (C=O) groups excluding carboxylic acids is 2. The number of nitrogens with zero attached hydrogens (tertiary/aromatic N) is 1. The Morgan fingerprint density at radius 2 is 1.94 bits per heavy atom. The van der Waals surface area contributed by atoms with Crippen molar-refractivity contribution < 1.29 is 23.8 Å². The molecule has 1 aliphatic heterocycles. The van der Waals surface area contributed by atoms with E-state index in [4.69, 9.17) is 14.2 Å². The maximum atomic E-state index is 12.9. The number of thiazole rings is 1. The molecule has 0 aliphatic carbocycles. The molecular weight excluding hydrogens is 448 g/mol.